The van der Waals surface area contributed by atoms with Crippen molar-refractivity contribution in [3.8, 4) is 0 Å². The molecule has 1 aliphatic rings. The maximum absolute atomic E-state index is 9.95. The maximum atomic E-state index is 9.95. The van der Waals surface area contributed by atoms with Crippen LogP contribution in [0.15, 0.2) is 0 Å². The van der Waals surface area contributed by atoms with E-state index in [0.29, 0.717) is 26.2 Å². The molecule has 1 fully saturated rings. The van der Waals surface area contributed by atoms with Crippen LogP contribution in [0.25, 0.3) is 0 Å². The van der Waals surface area contributed by atoms with E-state index in [4.69, 9.17) is 0 Å². The second-order valence-electron chi connectivity index (χ2n) is 3.62. The molecule has 1 aliphatic heterocycles. The Morgan fingerprint density at radius 2 is 1.19 bits per heavy atom. The number of piperazine rings is 1. The molecule has 0 aliphatic carbocycles. The van der Waals surface area contributed by atoms with Crippen molar-refractivity contribution in [1.82, 2.24) is 9.80 Å². The van der Waals surface area contributed by atoms with Gasteiger partial charge in [0.2, 0.25) is 0 Å². The highest BCUT2D eigenvalue weighted by Gasteiger charge is 2.15. The number of nitrogens with zero attached hydrogens (tertiary/aromatic N) is 2. The highest BCUT2D eigenvalue weighted by Crippen LogP contribution is 2.00. The average molecular weight is 230 g/mol. The van der Waals surface area contributed by atoms with Crippen LogP contribution >= 0.6 is 0 Å². The minimum atomic E-state index is 0.456. The predicted octanol–water partition coefficient (Wildman–Crippen LogP) is -1.05. The van der Waals surface area contributed by atoms with Crippen molar-refractivity contribution >= 4 is 12.9 Å². The van der Waals surface area contributed by atoms with Gasteiger partial charge in [0, 0.05) is 39.3 Å². The van der Waals surface area contributed by atoms with Gasteiger partial charge in [0.1, 0.15) is 13.2 Å². The number of hydrogen-bond acceptors (Lipinski definition) is 6. The lowest BCUT2D eigenvalue weighted by molar-refractivity contribution is -0.130. The highest BCUT2D eigenvalue weighted by molar-refractivity contribution is 5.37. The zero-order valence-corrected chi connectivity index (χ0v) is 9.34. The molecule has 0 N–H and O–H groups in total. The van der Waals surface area contributed by atoms with E-state index in [2.05, 4.69) is 19.3 Å². The molecule has 0 aromatic rings. The van der Waals surface area contributed by atoms with E-state index in [-0.39, 0.29) is 0 Å². The summed E-state index contributed by atoms with van der Waals surface area (Å²) in [7, 11) is 0. The van der Waals surface area contributed by atoms with Crippen molar-refractivity contribution in [2.75, 3.05) is 52.5 Å². The molecule has 1 rings (SSSR count). The summed E-state index contributed by atoms with van der Waals surface area (Å²) in [6.07, 6.45) is 0. The van der Waals surface area contributed by atoms with Gasteiger partial charge >= 0.3 is 0 Å². The molecule has 6 heteroatoms. The molecule has 1 saturated heterocycles. The van der Waals surface area contributed by atoms with Crippen LogP contribution in [-0.4, -0.2) is 75.2 Å². The first-order chi connectivity index (χ1) is 7.86. The smallest absolute Gasteiger partial charge is 0.293 e. The molecule has 0 unspecified atom stereocenters. The van der Waals surface area contributed by atoms with Gasteiger partial charge in [-0.2, -0.15) is 0 Å². The standard InChI is InChI=1S/C10H18N2O4/c13-9-15-7-5-11-1-2-12(4-3-11)6-8-16-10-14/h9-10H,1-8H2. The fourth-order valence-electron chi connectivity index (χ4n) is 1.70. The van der Waals surface area contributed by atoms with Crippen LogP contribution in [0, 0.1) is 0 Å². The van der Waals surface area contributed by atoms with Gasteiger partial charge in [-0.05, 0) is 0 Å². The lowest BCUT2D eigenvalue weighted by Crippen LogP contribution is -2.48. The molecule has 0 bridgehead atoms. The monoisotopic (exact) mass is 230 g/mol. The number of carbonyl (C=O) groups excluding carboxylic acids is 2. The zero-order valence-electron chi connectivity index (χ0n) is 9.34. The van der Waals surface area contributed by atoms with Gasteiger partial charge in [0.25, 0.3) is 12.9 Å². The van der Waals surface area contributed by atoms with Gasteiger partial charge in [-0.15, -0.1) is 0 Å². The van der Waals surface area contributed by atoms with Crippen LogP contribution in [0.1, 0.15) is 0 Å². The van der Waals surface area contributed by atoms with Crippen molar-refractivity contribution in [3.63, 3.8) is 0 Å². The van der Waals surface area contributed by atoms with Crippen molar-refractivity contribution in [1.29, 1.82) is 0 Å². The highest BCUT2D eigenvalue weighted by atomic mass is 16.5. The van der Waals surface area contributed by atoms with Crippen LogP contribution in [-0.2, 0) is 19.1 Å². The normalized spacial score (nSPS) is 18.0. The molecule has 0 saturated carbocycles. The van der Waals surface area contributed by atoms with Crippen molar-refractivity contribution in [2.24, 2.45) is 0 Å². The Kier molecular flexibility index (Phi) is 6.52. The largest absolute Gasteiger partial charge is 0.467 e. The van der Waals surface area contributed by atoms with E-state index in [1.54, 1.807) is 0 Å². The second-order valence-corrected chi connectivity index (χ2v) is 3.62. The first-order valence-electron chi connectivity index (χ1n) is 5.42. The summed E-state index contributed by atoms with van der Waals surface area (Å²) < 4.78 is 9.30. The minimum Gasteiger partial charge on any atom is -0.467 e. The fourth-order valence-corrected chi connectivity index (χ4v) is 1.70. The molecular weight excluding hydrogens is 212 g/mol. The number of rotatable bonds is 8. The summed E-state index contributed by atoms with van der Waals surface area (Å²) in [5, 5.41) is 0. The quantitative estimate of drug-likeness (QED) is 0.392. The lowest BCUT2D eigenvalue weighted by atomic mass is 10.3. The third-order valence-electron chi connectivity index (χ3n) is 2.65. The third-order valence-corrected chi connectivity index (χ3v) is 2.65. The minimum absolute atomic E-state index is 0.456. The molecule has 1 heterocycles. The van der Waals surface area contributed by atoms with Crippen LogP contribution < -0.4 is 0 Å². The summed E-state index contributed by atoms with van der Waals surface area (Å²) in [5.74, 6) is 0. The molecular formula is C10H18N2O4. The van der Waals surface area contributed by atoms with E-state index in [1.807, 2.05) is 0 Å². The zero-order chi connectivity index (χ0) is 11.6. The van der Waals surface area contributed by atoms with E-state index in [1.165, 1.54) is 0 Å². The SMILES string of the molecule is O=COCCN1CCN(CCOC=O)CC1. The number of ether oxygens (including phenoxy) is 2. The molecule has 0 radical (unpaired) electrons. The Labute approximate surface area is 95.1 Å². The van der Waals surface area contributed by atoms with Crippen LogP contribution in [0.4, 0.5) is 0 Å². The van der Waals surface area contributed by atoms with E-state index in [0.717, 1.165) is 39.3 Å². The molecule has 0 aromatic carbocycles. The first kappa shape index (κ1) is 12.9. The van der Waals surface area contributed by atoms with Gasteiger partial charge in [-0.3, -0.25) is 19.4 Å². The number of carbonyl (C=O) groups is 2. The van der Waals surface area contributed by atoms with Crippen LogP contribution in [0.2, 0.25) is 0 Å². The first-order valence-corrected chi connectivity index (χ1v) is 5.42. The van der Waals surface area contributed by atoms with Crippen molar-refractivity contribution < 1.29 is 19.1 Å². The van der Waals surface area contributed by atoms with Gasteiger partial charge in [0.15, 0.2) is 0 Å². The van der Waals surface area contributed by atoms with E-state index < -0.39 is 0 Å². The molecule has 0 amide bonds. The van der Waals surface area contributed by atoms with Crippen molar-refractivity contribution in [3.05, 3.63) is 0 Å². The van der Waals surface area contributed by atoms with E-state index in [9.17, 15) is 9.59 Å². The Bertz CT molecular complexity index is 183. The van der Waals surface area contributed by atoms with Gasteiger partial charge < -0.3 is 9.47 Å². The average Bonchev–Trinajstić information content (AvgIpc) is 2.32. The van der Waals surface area contributed by atoms with Crippen molar-refractivity contribution in [2.45, 2.75) is 0 Å². The van der Waals surface area contributed by atoms with Crippen LogP contribution in [0.5, 0.6) is 0 Å². The topological polar surface area (TPSA) is 59.1 Å². The Balaban J connectivity index is 2.04. The molecule has 0 atom stereocenters. The summed E-state index contributed by atoms with van der Waals surface area (Å²) in [6, 6.07) is 0. The van der Waals surface area contributed by atoms with E-state index >= 15 is 0 Å². The summed E-state index contributed by atoms with van der Waals surface area (Å²) in [4.78, 5) is 24.4. The predicted molar refractivity (Wildman–Crippen MR) is 56.9 cm³/mol. The van der Waals surface area contributed by atoms with Gasteiger partial charge in [0.05, 0.1) is 0 Å². The Morgan fingerprint density at radius 3 is 1.50 bits per heavy atom. The molecule has 0 aromatic heterocycles. The molecule has 6 nitrogen and oxygen atoms in total. The maximum Gasteiger partial charge on any atom is 0.293 e. The molecule has 92 valence electrons. The molecule has 16 heavy (non-hydrogen) atoms. The van der Waals surface area contributed by atoms with Gasteiger partial charge in [-0.25, -0.2) is 0 Å². The second kappa shape index (κ2) is 8.06. The molecule has 0 spiro atoms. The van der Waals surface area contributed by atoms with Gasteiger partial charge in [-0.1, -0.05) is 0 Å². The summed E-state index contributed by atoms with van der Waals surface area (Å²) in [5.41, 5.74) is 0. The third kappa shape index (κ3) is 5.09. The lowest BCUT2D eigenvalue weighted by Gasteiger charge is -2.34. The van der Waals surface area contributed by atoms with Crippen LogP contribution in [0.3, 0.4) is 0 Å². The fraction of sp³-hybridized carbons (Fsp3) is 0.800. The Hall–Kier alpha value is -1.14. The summed E-state index contributed by atoms with van der Waals surface area (Å²) >= 11 is 0. The number of hydrogen-bond donors (Lipinski definition) is 0. The Morgan fingerprint density at radius 1 is 0.812 bits per heavy atom. The summed E-state index contributed by atoms with van der Waals surface area (Å²) in [6.45, 7) is 7.30.